The molecular formula is C19H14F3N5O. The Morgan fingerprint density at radius 1 is 1.25 bits per heavy atom. The molecule has 3 rings (SSSR count). The summed E-state index contributed by atoms with van der Waals surface area (Å²) in [6.45, 7) is 0. The fourth-order valence-corrected chi connectivity index (χ4v) is 2.56. The number of nitrogens with zero attached hydrogens (tertiary/aromatic N) is 5. The highest BCUT2D eigenvalue weighted by molar-refractivity contribution is 6.01. The quantitative estimate of drug-likeness (QED) is 0.512. The van der Waals surface area contributed by atoms with E-state index in [1.807, 2.05) is 6.07 Å². The van der Waals surface area contributed by atoms with Crippen LogP contribution in [0.2, 0.25) is 0 Å². The fraction of sp³-hybridized carbons (Fsp3) is 0.158. The van der Waals surface area contributed by atoms with Gasteiger partial charge in [-0.05, 0) is 18.2 Å². The van der Waals surface area contributed by atoms with Gasteiger partial charge in [0, 0.05) is 38.2 Å². The van der Waals surface area contributed by atoms with Gasteiger partial charge in [-0.25, -0.2) is 9.97 Å². The first-order chi connectivity index (χ1) is 13.2. The third kappa shape index (κ3) is 3.71. The van der Waals surface area contributed by atoms with Crippen LogP contribution in [0.4, 0.5) is 13.2 Å². The van der Waals surface area contributed by atoms with Gasteiger partial charge in [-0.1, -0.05) is 12.1 Å². The first-order valence-electron chi connectivity index (χ1n) is 8.05. The second kappa shape index (κ2) is 7.15. The minimum Gasteiger partial charge on any atom is -0.344 e. The molecule has 2 heterocycles. The number of benzene rings is 1. The molecule has 0 bridgehead atoms. The maximum atomic E-state index is 12.8. The molecule has 1 amide bonds. The number of nitriles is 1. The van der Waals surface area contributed by atoms with Gasteiger partial charge in [0.25, 0.3) is 5.91 Å². The Balaban J connectivity index is 2.13. The lowest BCUT2D eigenvalue weighted by atomic mass is 10.1. The number of imidazole rings is 1. The average molecular weight is 385 g/mol. The normalized spacial score (nSPS) is 12.1. The van der Waals surface area contributed by atoms with Gasteiger partial charge >= 0.3 is 6.18 Å². The Morgan fingerprint density at radius 3 is 2.50 bits per heavy atom. The monoisotopic (exact) mass is 385 g/mol. The number of hydrogen-bond donors (Lipinski definition) is 0. The Bertz CT molecular complexity index is 1110. The lowest BCUT2D eigenvalue weighted by Gasteiger charge is -2.10. The summed E-state index contributed by atoms with van der Waals surface area (Å²) in [7, 11) is 3.04. The van der Waals surface area contributed by atoms with Crippen molar-refractivity contribution < 1.29 is 18.0 Å². The maximum absolute atomic E-state index is 12.8. The minimum absolute atomic E-state index is 0.115. The van der Waals surface area contributed by atoms with Gasteiger partial charge in [0.2, 0.25) is 0 Å². The molecule has 0 atom stereocenters. The Labute approximate surface area is 158 Å². The Hall–Kier alpha value is -3.67. The second-order valence-corrected chi connectivity index (χ2v) is 6.12. The van der Waals surface area contributed by atoms with E-state index in [9.17, 15) is 23.2 Å². The van der Waals surface area contributed by atoms with Crippen LogP contribution in [-0.4, -0.2) is 39.3 Å². The van der Waals surface area contributed by atoms with Crippen molar-refractivity contribution in [1.29, 1.82) is 5.26 Å². The van der Waals surface area contributed by atoms with Crippen molar-refractivity contribution in [2.24, 2.45) is 0 Å². The van der Waals surface area contributed by atoms with Crippen LogP contribution >= 0.6 is 0 Å². The number of fused-ring (bicyclic) bond motifs is 1. The van der Waals surface area contributed by atoms with Gasteiger partial charge in [-0.15, -0.1) is 0 Å². The van der Waals surface area contributed by atoms with Crippen molar-refractivity contribution in [2.75, 3.05) is 14.1 Å². The molecule has 0 fully saturated rings. The van der Waals surface area contributed by atoms with Gasteiger partial charge in [0.05, 0.1) is 11.3 Å². The lowest BCUT2D eigenvalue weighted by molar-refractivity contribution is -0.137. The zero-order valence-corrected chi connectivity index (χ0v) is 14.9. The first-order valence-corrected chi connectivity index (χ1v) is 8.05. The lowest BCUT2D eigenvalue weighted by Crippen LogP contribution is -2.22. The van der Waals surface area contributed by atoms with E-state index in [1.54, 1.807) is 16.8 Å². The third-order valence-electron chi connectivity index (χ3n) is 3.93. The number of hydrogen-bond acceptors (Lipinski definition) is 4. The standard InChI is InChI=1S/C19H14F3N5O/c1-26(2)18(28)13(10-23)9-15-11-27-8-7-24-17(27)16(25-15)12-3-5-14(6-4-12)19(20,21)22/h3-9,11H,1-2H3/b13-9-. The van der Waals surface area contributed by atoms with Crippen LogP contribution in [0.25, 0.3) is 23.0 Å². The summed E-state index contributed by atoms with van der Waals surface area (Å²) in [5, 5.41) is 9.25. The fourth-order valence-electron chi connectivity index (χ4n) is 2.56. The third-order valence-corrected chi connectivity index (χ3v) is 3.93. The molecule has 6 nitrogen and oxygen atoms in total. The summed E-state index contributed by atoms with van der Waals surface area (Å²) in [4.78, 5) is 21.9. The molecule has 0 aliphatic carbocycles. The highest BCUT2D eigenvalue weighted by atomic mass is 19.4. The van der Waals surface area contributed by atoms with Gasteiger partial charge in [-0.3, -0.25) is 4.79 Å². The van der Waals surface area contributed by atoms with E-state index >= 15 is 0 Å². The zero-order valence-electron chi connectivity index (χ0n) is 14.9. The maximum Gasteiger partial charge on any atom is 0.416 e. The number of carbonyl (C=O) groups excluding carboxylic acids is 1. The van der Waals surface area contributed by atoms with Crippen molar-refractivity contribution in [1.82, 2.24) is 19.3 Å². The predicted octanol–water partition coefficient (Wildman–Crippen LogP) is 3.41. The average Bonchev–Trinajstić information content (AvgIpc) is 3.12. The highest BCUT2D eigenvalue weighted by Crippen LogP contribution is 2.31. The molecular weight excluding hydrogens is 371 g/mol. The van der Waals surface area contributed by atoms with Crippen LogP contribution in [0.1, 0.15) is 11.3 Å². The topological polar surface area (TPSA) is 74.3 Å². The smallest absolute Gasteiger partial charge is 0.344 e. The number of amides is 1. The molecule has 0 aliphatic heterocycles. The molecule has 1 aromatic carbocycles. The number of aromatic nitrogens is 3. The molecule has 9 heteroatoms. The van der Waals surface area contributed by atoms with Crippen molar-refractivity contribution in [3.8, 4) is 17.3 Å². The molecule has 0 radical (unpaired) electrons. The Kier molecular flexibility index (Phi) is 4.88. The summed E-state index contributed by atoms with van der Waals surface area (Å²) in [6.07, 6.45) is 1.63. The Morgan fingerprint density at radius 2 is 1.93 bits per heavy atom. The number of carbonyl (C=O) groups is 1. The zero-order chi connectivity index (χ0) is 20.5. The largest absolute Gasteiger partial charge is 0.416 e. The molecule has 0 unspecified atom stereocenters. The summed E-state index contributed by atoms with van der Waals surface area (Å²) in [5.41, 5.74) is 0.616. The van der Waals surface area contributed by atoms with E-state index in [-0.39, 0.29) is 5.57 Å². The summed E-state index contributed by atoms with van der Waals surface area (Å²) in [5.74, 6) is -0.480. The number of alkyl halides is 3. The van der Waals surface area contributed by atoms with E-state index in [2.05, 4.69) is 9.97 Å². The van der Waals surface area contributed by atoms with Gasteiger partial charge in [0.15, 0.2) is 5.65 Å². The van der Waals surface area contributed by atoms with Gasteiger partial charge < -0.3 is 9.30 Å². The first kappa shape index (κ1) is 19.1. The number of rotatable bonds is 3. The van der Waals surface area contributed by atoms with Crippen LogP contribution in [0, 0.1) is 11.3 Å². The minimum atomic E-state index is -4.44. The van der Waals surface area contributed by atoms with E-state index in [1.165, 1.54) is 43.4 Å². The van der Waals surface area contributed by atoms with Crippen LogP contribution < -0.4 is 0 Å². The van der Waals surface area contributed by atoms with Crippen molar-refractivity contribution >= 4 is 17.6 Å². The molecule has 0 saturated heterocycles. The molecule has 0 saturated carbocycles. The van der Waals surface area contributed by atoms with Crippen LogP contribution in [0.5, 0.6) is 0 Å². The molecule has 2 aromatic heterocycles. The number of likely N-dealkylation sites (N-methyl/N-ethyl adjacent to an activating group) is 1. The summed E-state index contributed by atoms with van der Waals surface area (Å²) >= 11 is 0. The summed E-state index contributed by atoms with van der Waals surface area (Å²) in [6, 6.07) is 6.39. The number of halogens is 3. The van der Waals surface area contributed by atoms with Crippen molar-refractivity contribution in [2.45, 2.75) is 6.18 Å². The van der Waals surface area contributed by atoms with E-state index < -0.39 is 17.6 Å². The SMILES string of the molecule is CN(C)C(=O)/C(C#N)=C\c1cn2ccnc2c(-c2ccc(C(F)(F)F)cc2)n1. The second-order valence-electron chi connectivity index (χ2n) is 6.12. The van der Waals surface area contributed by atoms with E-state index in [4.69, 9.17) is 0 Å². The molecule has 3 aromatic rings. The van der Waals surface area contributed by atoms with Gasteiger partial charge in [0.1, 0.15) is 17.3 Å². The van der Waals surface area contributed by atoms with Gasteiger partial charge in [-0.2, -0.15) is 18.4 Å². The van der Waals surface area contributed by atoms with Crippen LogP contribution in [0.15, 0.2) is 48.4 Å². The molecule has 142 valence electrons. The molecule has 28 heavy (non-hydrogen) atoms. The van der Waals surface area contributed by atoms with Crippen LogP contribution in [0.3, 0.4) is 0 Å². The van der Waals surface area contributed by atoms with E-state index in [0.29, 0.717) is 22.6 Å². The molecule has 0 spiro atoms. The van der Waals surface area contributed by atoms with Crippen LogP contribution in [-0.2, 0) is 11.0 Å². The van der Waals surface area contributed by atoms with Crippen molar-refractivity contribution in [3.63, 3.8) is 0 Å². The summed E-state index contributed by atoms with van der Waals surface area (Å²) < 4.78 is 40.0. The predicted molar refractivity (Wildman–Crippen MR) is 95.7 cm³/mol. The van der Waals surface area contributed by atoms with E-state index in [0.717, 1.165) is 12.1 Å². The molecule has 0 N–H and O–H groups in total. The highest BCUT2D eigenvalue weighted by Gasteiger charge is 2.30. The molecule has 0 aliphatic rings. The van der Waals surface area contributed by atoms with Crippen molar-refractivity contribution in [3.05, 3.63) is 59.7 Å².